The van der Waals surface area contributed by atoms with Gasteiger partial charge in [-0.3, -0.25) is 4.57 Å². The van der Waals surface area contributed by atoms with Gasteiger partial charge >= 0.3 is 11.7 Å². The molecule has 0 aliphatic heterocycles. The molecule has 2 aromatic heterocycles. The van der Waals surface area contributed by atoms with E-state index in [1.165, 1.54) is 4.57 Å². The van der Waals surface area contributed by atoms with Gasteiger partial charge in [-0.1, -0.05) is 6.07 Å². The van der Waals surface area contributed by atoms with E-state index in [0.717, 1.165) is 0 Å². The van der Waals surface area contributed by atoms with Crippen molar-refractivity contribution in [3.63, 3.8) is 0 Å². The molecule has 3 rings (SSSR count). The third kappa shape index (κ3) is 2.22. The third-order valence-corrected chi connectivity index (χ3v) is 3.29. The number of ether oxygens (including phenoxy) is 1. The van der Waals surface area contributed by atoms with E-state index < -0.39 is 11.7 Å². The van der Waals surface area contributed by atoms with Gasteiger partial charge in [-0.2, -0.15) is 0 Å². The van der Waals surface area contributed by atoms with Crippen LogP contribution in [-0.4, -0.2) is 20.1 Å². The Labute approximate surface area is 119 Å². The van der Waals surface area contributed by atoms with Gasteiger partial charge in [-0.05, 0) is 12.1 Å². The van der Waals surface area contributed by atoms with Crippen LogP contribution in [0.25, 0.3) is 11.1 Å². The smallest absolute Gasteiger partial charge is 0.419 e. The molecule has 108 valence electrons. The fourth-order valence-electron chi connectivity index (χ4n) is 2.05. The molecule has 0 amide bonds. The number of carbonyl (C=O) groups excluding carboxylic acids is 1. The fraction of sp³-hybridized carbons (Fsp3) is 0.214. The Bertz CT molecular complexity index is 872. The second-order valence-corrected chi connectivity index (χ2v) is 4.61. The molecule has 0 aliphatic rings. The van der Waals surface area contributed by atoms with Gasteiger partial charge in [0.25, 0.3) is 0 Å². The van der Waals surface area contributed by atoms with Gasteiger partial charge in [-0.15, -0.1) is 0 Å². The maximum Gasteiger partial charge on any atom is 0.419 e. The first-order valence-corrected chi connectivity index (χ1v) is 6.30. The van der Waals surface area contributed by atoms with E-state index in [0.29, 0.717) is 11.3 Å². The quantitative estimate of drug-likeness (QED) is 0.677. The molecule has 0 aliphatic carbocycles. The summed E-state index contributed by atoms with van der Waals surface area (Å²) in [6.07, 6.45) is 3.39. The summed E-state index contributed by atoms with van der Waals surface area (Å²) in [4.78, 5) is 27.8. The molecule has 0 radical (unpaired) electrons. The number of aryl methyl sites for hydroxylation is 2. The molecule has 2 heterocycles. The van der Waals surface area contributed by atoms with Crippen LogP contribution in [-0.2, 0) is 25.4 Å². The molecule has 3 aromatic rings. The van der Waals surface area contributed by atoms with Crippen molar-refractivity contribution in [2.45, 2.75) is 6.61 Å². The summed E-state index contributed by atoms with van der Waals surface area (Å²) in [7, 11) is 3.39. The minimum absolute atomic E-state index is 0.0514. The van der Waals surface area contributed by atoms with Crippen molar-refractivity contribution < 1.29 is 13.9 Å². The van der Waals surface area contributed by atoms with Crippen molar-refractivity contribution >= 4 is 17.1 Å². The van der Waals surface area contributed by atoms with E-state index in [1.807, 2.05) is 7.05 Å². The minimum Gasteiger partial charge on any atom is -0.454 e. The van der Waals surface area contributed by atoms with Gasteiger partial charge in [0.2, 0.25) is 0 Å². The predicted molar refractivity (Wildman–Crippen MR) is 73.8 cm³/mol. The van der Waals surface area contributed by atoms with Crippen molar-refractivity contribution in [1.29, 1.82) is 0 Å². The van der Waals surface area contributed by atoms with Crippen molar-refractivity contribution in [3.05, 3.63) is 52.5 Å². The summed E-state index contributed by atoms with van der Waals surface area (Å²) in [6.45, 7) is 0.0514. The molecule has 0 unspecified atom stereocenters. The summed E-state index contributed by atoms with van der Waals surface area (Å²) in [5, 5.41) is 0. The standard InChI is InChI=1S/C14H13N3O4/c1-16-7-6-15-11(16)8-20-13(18)9-4-3-5-10-12(9)21-14(19)17(10)2/h3-7H,8H2,1-2H3. The van der Waals surface area contributed by atoms with Crippen molar-refractivity contribution in [2.75, 3.05) is 0 Å². The molecule has 7 heteroatoms. The highest BCUT2D eigenvalue weighted by molar-refractivity contribution is 6.01. The summed E-state index contributed by atoms with van der Waals surface area (Å²) >= 11 is 0. The van der Waals surface area contributed by atoms with Crippen LogP contribution in [0.15, 0.2) is 39.8 Å². The highest BCUT2D eigenvalue weighted by atomic mass is 16.5. The lowest BCUT2D eigenvalue weighted by molar-refractivity contribution is 0.0460. The van der Waals surface area contributed by atoms with Crippen LogP contribution < -0.4 is 5.76 Å². The number of rotatable bonds is 3. The van der Waals surface area contributed by atoms with E-state index in [4.69, 9.17) is 9.15 Å². The molecule has 0 saturated heterocycles. The Kier molecular flexibility index (Phi) is 3.09. The molecule has 0 atom stereocenters. The Morgan fingerprint density at radius 1 is 1.38 bits per heavy atom. The minimum atomic E-state index is -0.557. The zero-order valence-corrected chi connectivity index (χ0v) is 11.6. The second-order valence-electron chi connectivity index (χ2n) is 4.61. The Morgan fingerprint density at radius 2 is 2.19 bits per heavy atom. The van der Waals surface area contributed by atoms with Crippen LogP contribution in [0.3, 0.4) is 0 Å². The number of benzene rings is 1. The molecule has 7 nitrogen and oxygen atoms in total. The molecule has 0 bridgehead atoms. The number of fused-ring (bicyclic) bond motifs is 1. The molecule has 21 heavy (non-hydrogen) atoms. The Morgan fingerprint density at radius 3 is 2.90 bits per heavy atom. The molecule has 1 aromatic carbocycles. The van der Waals surface area contributed by atoms with Crippen LogP contribution in [0.1, 0.15) is 16.2 Å². The molecule has 0 saturated carbocycles. The topological polar surface area (TPSA) is 79.3 Å². The maximum atomic E-state index is 12.2. The van der Waals surface area contributed by atoms with Gasteiger partial charge in [0, 0.05) is 26.5 Å². The van der Waals surface area contributed by atoms with Gasteiger partial charge in [0.1, 0.15) is 18.0 Å². The first-order chi connectivity index (χ1) is 10.1. The fourth-order valence-corrected chi connectivity index (χ4v) is 2.05. The van der Waals surface area contributed by atoms with E-state index >= 15 is 0 Å². The van der Waals surface area contributed by atoms with E-state index in [2.05, 4.69) is 4.98 Å². The monoisotopic (exact) mass is 287 g/mol. The van der Waals surface area contributed by atoms with Gasteiger partial charge in [0.05, 0.1) is 5.52 Å². The van der Waals surface area contributed by atoms with Crippen LogP contribution in [0.4, 0.5) is 0 Å². The number of imidazole rings is 1. The number of aromatic nitrogens is 3. The van der Waals surface area contributed by atoms with Crippen molar-refractivity contribution in [2.24, 2.45) is 14.1 Å². The largest absolute Gasteiger partial charge is 0.454 e. The number of oxazole rings is 1. The molecule has 0 N–H and O–H groups in total. The van der Waals surface area contributed by atoms with Crippen LogP contribution >= 0.6 is 0 Å². The average molecular weight is 287 g/mol. The number of para-hydroxylation sites is 1. The lowest BCUT2D eigenvalue weighted by atomic mass is 10.2. The highest BCUT2D eigenvalue weighted by Crippen LogP contribution is 2.18. The second kappa shape index (κ2) is 4.93. The first-order valence-electron chi connectivity index (χ1n) is 6.30. The molecule has 0 fully saturated rings. The van der Waals surface area contributed by atoms with Gasteiger partial charge in [0.15, 0.2) is 5.58 Å². The lowest BCUT2D eigenvalue weighted by Gasteiger charge is -2.05. The maximum absolute atomic E-state index is 12.2. The summed E-state index contributed by atoms with van der Waals surface area (Å²) in [5.41, 5.74) is 1.00. The van der Waals surface area contributed by atoms with Gasteiger partial charge < -0.3 is 13.7 Å². The number of esters is 1. The normalized spacial score (nSPS) is 11.0. The van der Waals surface area contributed by atoms with Crippen molar-refractivity contribution in [3.8, 4) is 0 Å². The average Bonchev–Trinajstić information content (AvgIpc) is 3.01. The zero-order valence-electron chi connectivity index (χ0n) is 11.6. The molecular formula is C14H13N3O4. The number of hydrogen-bond donors (Lipinski definition) is 0. The van der Waals surface area contributed by atoms with Crippen LogP contribution in [0.5, 0.6) is 0 Å². The number of hydrogen-bond acceptors (Lipinski definition) is 5. The third-order valence-electron chi connectivity index (χ3n) is 3.29. The van der Waals surface area contributed by atoms with Crippen LogP contribution in [0, 0.1) is 0 Å². The summed E-state index contributed by atoms with van der Waals surface area (Å²) < 4.78 is 13.4. The Hall–Kier alpha value is -2.83. The van der Waals surface area contributed by atoms with E-state index in [-0.39, 0.29) is 17.8 Å². The zero-order chi connectivity index (χ0) is 15.0. The molecular weight excluding hydrogens is 274 g/mol. The van der Waals surface area contributed by atoms with Crippen LogP contribution in [0.2, 0.25) is 0 Å². The predicted octanol–water partition coefficient (Wildman–Crippen LogP) is 1.22. The van der Waals surface area contributed by atoms with E-state index in [1.54, 1.807) is 42.2 Å². The summed E-state index contributed by atoms with van der Waals surface area (Å²) in [6, 6.07) is 4.94. The lowest BCUT2D eigenvalue weighted by Crippen LogP contribution is -2.08. The van der Waals surface area contributed by atoms with Gasteiger partial charge in [-0.25, -0.2) is 14.6 Å². The highest BCUT2D eigenvalue weighted by Gasteiger charge is 2.17. The first kappa shape index (κ1) is 13.2. The SMILES string of the molecule is Cn1ccnc1COC(=O)c1cccc2c1oc(=O)n2C. The van der Waals surface area contributed by atoms with Crippen molar-refractivity contribution in [1.82, 2.24) is 14.1 Å². The number of nitrogens with zero attached hydrogens (tertiary/aromatic N) is 3. The Balaban J connectivity index is 1.90. The summed E-state index contributed by atoms with van der Waals surface area (Å²) in [5.74, 6) is -0.447. The number of carbonyl (C=O) groups is 1. The van der Waals surface area contributed by atoms with E-state index in [9.17, 15) is 9.59 Å². The molecule has 0 spiro atoms.